The molecule has 118 valence electrons. The van der Waals surface area contributed by atoms with Crippen LogP contribution in [0.4, 0.5) is 0 Å². The van der Waals surface area contributed by atoms with Crippen LogP contribution in [0.3, 0.4) is 0 Å². The predicted octanol–water partition coefficient (Wildman–Crippen LogP) is 0.983. The second-order valence-electron chi connectivity index (χ2n) is 5.45. The summed E-state index contributed by atoms with van der Waals surface area (Å²) in [6.45, 7) is 2.77. The van der Waals surface area contributed by atoms with E-state index in [-0.39, 0.29) is 24.1 Å². The lowest BCUT2D eigenvalue weighted by Gasteiger charge is -2.16. The Morgan fingerprint density at radius 2 is 1.95 bits per heavy atom. The number of likely N-dealkylation sites (tertiary alicyclic amines) is 1. The molecule has 1 heterocycles. The fourth-order valence-electron chi connectivity index (χ4n) is 2.43. The molecule has 1 fully saturated rings. The van der Waals surface area contributed by atoms with Gasteiger partial charge < -0.3 is 4.90 Å². The summed E-state index contributed by atoms with van der Waals surface area (Å²) in [5.74, 6) is -0.989. The first-order valence-corrected chi connectivity index (χ1v) is 7.50. The first-order valence-electron chi connectivity index (χ1n) is 7.50. The molecule has 0 saturated carbocycles. The van der Waals surface area contributed by atoms with E-state index >= 15 is 0 Å². The van der Waals surface area contributed by atoms with Crippen LogP contribution in [0.15, 0.2) is 30.3 Å². The molecule has 0 bridgehead atoms. The van der Waals surface area contributed by atoms with Crippen LogP contribution in [-0.2, 0) is 20.9 Å². The van der Waals surface area contributed by atoms with E-state index in [1.165, 1.54) is 0 Å². The van der Waals surface area contributed by atoms with Crippen LogP contribution in [0.25, 0.3) is 0 Å². The van der Waals surface area contributed by atoms with Crippen LogP contribution in [0.1, 0.15) is 31.7 Å². The molecule has 0 aliphatic carbocycles. The molecule has 0 radical (unpaired) electrons. The van der Waals surface area contributed by atoms with Crippen LogP contribution in [0.2, 0.25) is 0 Å². The summed E-state index contributed by atoms with van der Waals surface area (Å²) in [6, 6.07) is 9.66. The number of nitrogens with zero attached hydrogens (tertiary/aromatic N) is 1. The molecule has 2 N–H and O–H groups in total. The standard InChI is InChI=1S/C16H21N3O3/c1-2-6-14(20)17-18-16(22)13-9-15(21)19(11-13)10-12-7-4-3-5-8-12/h3-5,7-8,13H,2,6,9-11H2,1H3,(H,17,20)(H,18,22). The minimum absolute atomic E-state index is 0.0381. The molecule has 0 aromatic heterocycles. The topological polar surface area (TPSA) is 78.5 Å². The van der Waals surface area contributed by atoms with Crippen molar-refractivity contribution in [3.05, 3.63) is 35.9 Å². The molecule has 22 heavy (non-hydrogen) atoms. The Morgan fingerprint density at radius 3 is 2.64 bits per heavy atom. The Bertz CT molecular complexity index is 545. The number of rotatable bonds is 5. The lowest BCUT2D eigenvalue weighted by molar-refractivity contribution is -0.131. The molecule has 1 aromatic rings. The van der Waals surface area contributed by atoms with Gasteiger partial charge in [0.15, 0.2) is 0 Å². The number of carbonyl (C=O) groups excluding carboxylic acids is 3. The smallest absolute Gasteiger partial charge is 0.243 e. The van der Waals surface area contributed by atoms with E-state index in [1.54, 1.807) is 4.90 Å². The maximum atomic E-state index is 12.0. The molecule has 1 saturated heterocycles. The number of hydrogen-bond acceptors (Lipinski definition) is 3. The van der Waals surface area contributed by atoms with Gasteiger partial charge in [0, 0.05) is 25.9 Å². The largest absolute Gasteiger partial charge is 0.338 e. The van der Waals surface area contributed by atoms with E-state index in [2.05, 4.69) is 10.9 Å². The molecule has 3 amide bonds. The van der Waals surface area contributed by atoms with Gasteiger partial charge in [0.2, 0.25) is 17.7 Å². The molecule has 6 nitrogen and oxygen atoms in total. The molecular formula is C16H21N3O3. The van der Waals surface area contributed by atoms with Gasteiger partial charge in [-0.25, -0.2) is 0 Å². The predicted molar refractivity (Wildman–Crippen MR) is 81.2 cm³/mol. The zero-order valence-corrected chi connectivity index (χ0v) is 12.7. The Hall–Kier alpha value is -2.37. The summed E-state index contributed by atoms with van der Waals surface area (Å²) in [5.41, 5.74) is 5.80. The summed E-state index contributed by atoms with van der Waals surface area (Å²) in [4.78, 5) is 37.0. The average molecular weight is 303 g/mol. The van der Waals surface area contributed by atoms with Gasteiger partial charge in [-0.2, -0.15) is 0 Å². The third-order valence-corrected chi connectivity index (χ3v) is 3.60. The first-order chi connectivity index (χ1) is 10.6. The van der Waals surface area contributed by atoms with Gasteiger partial charge in [-0.15, -0.1) is 0 Å². The summed E-state index contributed by atoms with van der Waals surface area (Å²) in [5, 5.41) is 0. The highest BCUT2D eigenvalue weighted by Crippen LogP contribution is 2.20. The molecule has 1 aromatic carbocycles. The SMILES string of the molecule is CCCC(=O)NNC(=O)C1CC(=O)N(Cc2ccccc2)C1. The molecule has 1 aliphatic rings. The molecule has 1 atom stereocenters. The van der Waals surface area contributed by atoms with E-state index in [0.717, 1.165) is 5.56 Å². The molecule has 0 spiro atoms. The zero-order chi connectivity index (χ0) is 15.9. The average Bonchev–Trinajstić information content (AvgIpc) is 2.87. The quantitative estimate of drug-likeness (QED) is 0.796. The molecular weight excluding hydrogens is 282 g/mol. The minimum atomic E-state index is -0.418. The van der Waals surface area contributed by atoms with Crippen LogP contribution in [-0.4, -0.2) is 29.2 Å². The highest BCUT2D eigenvalue weighted by Gasteiger charge is 2.34. The Labute approximate surface area is 129 Å². The van der Waals surface area contributed by atoms with Crippen LogP contribution < -0.4 is 10.9 Å². The Kier molecular flexibility index (Phi) is 5.52. The van der Waals surface area contributed by atoms with Gasteiger partial charge in [0.1, 0.15) is 0 Å². The number of nitrogens with one attached hydrogen (secondary N) is 2. The maximum absolute atomic E-state index is 12.0. The maximum Gasteiger partial charge on any atom is 0.243 e. The van der Waals surface area contributed by atoms with Gasteiger partial charge in [-0.3, -0.25) is 25.2 Å². The third kappa shape index (κ3) is 4.31. The number of hydrogen-bond donors (Lipinski definition) is 2. The molecule has 6 heteroatoms. The fraction of sp³-hybridized carbons (Fsp3) is 0.438. The Morgan fingerprint density at radius 1 is 1.23 bits per heavy atom. The molecule has 1 unspecified atom stereocenters. The van der Waals surface area contributed by atoms with Gasteiger partial charge in [-0.1, -0.05) is 37.3 Å². The zero-order valence-electron chi connectivity index (χ0n) is 12.7. The monoisotopic (exact) mass is 303 g/mol. The van der Waals surface area contributed by atoms with Gasteiger partial charge >= 0.3 is 0 Å². The number of hydrazine groups is 1. The lowest BCUT2D eigenvalue weighted by Crippen LogP contribution is -2.45. The van der Waals surface area contributed by atoms with Crippen molar-refractivity contribution >= 4 is 17.7 Å². The Balaban J connectivity index is 1.83. The van der Waals surface area contributed by atoms with Crippen molar-refractivity contribution in [3.8, 4) is 0 Å². The van der Waals surface area contributed by atoms with Crippen LogP contribution in [0.5, 0.6) is 0 Å². The summed E-state index contributed by atoms with van der Waals surface area (Å²) in [6.07, 6.45) is 1.26. The number of carbonyl (C=O) groups is 3. The van der Waals surface area contributed by atoms with E-state index in [0.29, 0.717) is 25.9 Å². The van der Waals surface area contributed by atoms with Crippen molar-refractivity contribution < 1.29 is 14.4 Å². The van der Waals surface area contributed by atoms with E-state index < -0.39 is 5.92 Å². The summed E-state index contributed by atoms with van der Waals surface area (Å²) < 4.78 is 0. The number of amides is 3. The van der Waals surface area contributed by atoms with Crippen molar-refractivity contribution in [1.29, 1.82) is 0 Å². The highest BCUT2D eigenvalue weighted by molar-refractivity contribution is 5.90. The van der Waals surface area contributed by atoms with E-state index in [9.17, 15) is 14.4 Å². The minimum Gasteiger partial charge on any atom is -0.338 e. The lowest BCUT2D eigenvalue weighted by atomic mass is 10.1. The van der Waals surface area contributed by atoms with Crippen LogP contribution >= 0.6 is 0 Å². The van der Waals surface area contributed by atoms with Crippen molar-refractivity contribution in [1.82, 2.24) is 15.8 Å². The van der Waals surface area contributed by atoms with Crippen LogP contribution in [0, 0.1) is 5.92 Å². The third-order valence-electron chi connectivity index (χ3n) is 3.60. The molecule has 2 rings (SSSR count). The van der Waals surface area contributed by atoms with Gasteiger partial charge in [-0.05, 0) is 12.0 Å². The van der Waals surface area contributed by atoms with E-state index in [4.69, 9.17) is 0 Å². The fourth-order valence-corrected chi connectivity index (χ4v) is 2.43. The second kappa shape index (κ2) is 7.59. The van der Waals surface area contributed by atoms with Crippen molar-refractivity contribution in [2.75, 3.05) is 6.54 Å². The number of benzene rings is 1. The van der Waals surface area contributed by atoms with Crippen molar-refractivity contribution in [2.24, 2.45) is 5.92 Å². The van der Waals surface area contributed by atoms with E-state index in [1.807, 2.05) is 37.3 Å². The van der Waals surface area contributed by atoms with Gasteiger partial charge in [0.05, 0.1) is 5.92 Å². The van der Waals surface area contributed by atoms with Crippen molar-refractivity contribution in [3.63, 3.8) is 0 Å². The second-order valence-corrected chi connectivity index (χ2v) is 5.45. The summed E-state index contributed by atoms with van der Waals surface area (Å²) >= 11 is 0. The van der Waals surface area contributed by atoms with Crippen molar-refractivity contribution in [2.45, 2.75) is 32.7 Å². The normalized spacial score (nSPS) is 17.4. The summed E-state index contributed by atoms with van der Waals surface area (Å²) in [7, 11) is 0. The molecule has 1 aliphatic heterocycles. The van der Waals surface area contributed by atoms with Gasteiger partial charge in [0.25, 0.3) is 0 Å². The first kappa shape index (κ1) is 16.0. The highest BCUT2D eigenvalue weighted by atomic mass is 16.2.